The van der Waals surface area contributed by atoms with Crippen LogP contribution in [-0.2, 0) is 0 Å². The second-order valence-corrected chi connectivity index (χ2v) is 7.64. The van der Waals surface area contributed by atoms with Crippen molar-refractivity contribution >= 4 is 11.6 Å². The number of rotatable bonds is 2. The first-order valence-corrected chi connectivity index (χ1v) is 8.20. The van der Waals surface area contributed by atoms with Crippen LogP contribution >= 0.6 is 11.6 Å². The molecule has 1 aromatic rings. The van der Waals surface area contributed by atoms with E-state index in [2.05, 4.69) is 0 Å². The molecule has 4 fully saturated rings. The smallest absolute Gasteiger partial charge is 0.129 e. The van der Waals surface area contributed by atoms with Crippen molar-refractivity contribution in [2.24, 2.45) is 35.3 Å². The number of hydrogen-bond acceptors (Lipinski definition) is 1. The summed E-state index contributed by atoms with van der Waals surface area (Å²) in [6.07, 6.45) is 6.71. The van der Waals surface area contributed by atoms with Crippen LogP contribution in [0.25, 0.3) is 0 Å². The molecule has 0 radical (unpaired) electrons. The third kappa shape index (κ3) is 2.00. The van der Waals surface area contributed by atoms with Crippen molar-refractivity contribution in [3.8, 4) is 0 Å². The molecule has 4 saturated carbocycles. The monoisotopic (exact) mass is 293 g/mol. The van der Waals surface area contributed by atoms with Gasteiger partial charge in [0.05, 0.1) is 0 Å². The Hall–Kier alpha value is -0.600. The van der Waals surface area contributed by atoms with E-state index in [1.54, 1.807) is 12.1 Å². The first kappa shape index (κ1) is 13.1. The molecule has 4 bridgehead atoms. The van der Waals surface area contributed by atoms with E-state index < -0.39 is 0 Å². The first-order valence-electron chi connectivity index (χ1n) is 7.82. The molecule has 0 amide bonds. The van der Waals surface area contributed by atoms with Gasteiger partial charge in [-0.2, -0.15) is 0 Å². The Labute approximate surface area is 124 Å². The average molecular weight is 294 g/mol. The lowest BCUT2D eigenvalue weighted by molar-refractivity contribution is -0.0475. The van der Waals surface area contributed by atoms with Crippen molar-refractivity contribution in [3.05, 3.63) is 34.6 Å². The first-order chi connectivity index (χ1) is 9.61. The Morgan fingerprint density at radius 3 is 2.20 bits per heavy atom. The van der Waals surface area contributed by atoms with Gasteiger partial charge in [-0.25, -0.2) is 4.39 Å². The summed E-state index contributed by atoms with van der Waals surface area (Å²) in [5, 5.41) is 0.448. The van der Waals surface area contributed by atoms with E-state index in [0.717, 1.165) is 23.7 Å². The summed E-state index contributed by atoms with van der Waals surface area (Å²) in [5.74, 6) is 3.52. The molecule has 1 nitrogen and oxygen atoms in total. The van der Waals surface area contributed by atoms with Crippen LogP contribution in [0.1, 0.15) is 43.7 Å². The molecule has 20 heavy (non-hydrogen) atoms. The molecule has 1 atom stereocenters. The fraction of sp³-hybridized carbons (Fsp3) is 0.647. The van der Waals surface area contributed by atoms with Crippen LogP contribution in [0.15, 0.2) is 18.2 Å². The molecule has 4 aliphatic rings. The lowest BCUT2D eigenvalue weighted by Gasteiger charge is -2.56. The van der Waals surface area contributed by atoms with Gasteiger partial charge in [0, 0.05) is 16.6 Å². The van der Waals surface area contributed by atoms with Crippen molar-refractivity contribution in [2.45, 2.75) is 38.1 Å². The fourth-order valence-corrected chi connectivity index (χ4v) is 5.69. The highest BCUT2D eigenvalue weighted by Gasteiger charge is 2.50. The van der Waals surface area contributed by atoms with Crippen molar-refractivity contribution in [1.29, 1.82) is 0 Å². The standard InChI is InChI=1S/C17H21ClFN/c18-13-1-2-14(15(19)8-13)17(20)16-11-4-9-3-10(6-11)7-12(16)5-9/h1-2,8-12,16-17H,3-7,20H2. The van der Waals surface area contributed by atoms with Crippen molar-refractivity contribution in [1.82, 2.24) is 0 Å². The minimum Gasteiger partial charge on any atom is -0.324 e. The van der Waals surface area contributed by atoms with E-state index in [4.69, 9.17) is 17.3 Å². The highest BCUT2D eigenvalue weighted by Crippen LogP contribution is 2.59. The maximum atomic E-state index is 14.2. The van der Waals surface area contributed by atoms with E-state index in [1.807, 2.05) is 0 Å². The number of halogens is 2. The van der Waals surface area contributed by atoms with E-state index >= 15 is 0 Å². The van der Waals surface area contributed by atoms with Crippen LogP contribution in [0.2, 0.25) is 5.02 Å². The van der Waals surface area contributed by atoms with Gasteiger partial charge in [0.2, 0.25) is 0 Å². The van der Waals surface area contributed by atoms with Gasteiger partial charge in [-0.1, -0.05) is 17.7 Å². The van der Waals surface area contributed by atoms with Crippen LogP contribution < -0.4 is 5.73 Å². The topological polar surface area (TPSA) is 26.0 Å². The molecular weight excluding hydrogens is 273 g/mol. The van der Waals surface area contributed by atoms with E-state index in [-0.39, 0.29) is 11.9 Å². The molecule has 0 heterocycles. The van der Waals surface area contributed by atoms with Gasteiger partial charge in [0.1, 0.15) is 5.82 Å². The summed E-state index contributed by atoms with van der Waals surface area (Å²) in [5.41, 5.74) is 7.15. The minimum atomic E-state index is -0.237. The minimum absolute atomic E-state index is 0.165. The summed E-state index contributed by atoms with van der Waals surface area (Å²) in [6, 6.07) is 4.78. The molecule has 1 aromatic carbocycles. The van der Waals surface area contributed by atoms with Crippen LogP contribution in [0, 0.1) is 35.4 Å². The second kappa shape index (κ2) is 4.71. The SMILES string of the molecule is NC(c1ccc(Cl)cc1F)C1C2CC3CC(C2)CC1C3. The van der Waals surface area contributed by atoms with Gasteiger partial charge >= 0.3 is 0 Å². The predicted molar refractivity (Wildman–Crippen MR) is 78.9 cm³/mol. The summed E-state index contributed by atoms with van der Waals surface area (Å²) in [7, 11) is 0. The second-order valence-electron chi connectivity index (χ2n) is 7.20. The summed E-state index contributed by atoms with van der Waals surface area (Å²) >= 11 is 5.85. The number of nitrogens with two attached hydrogens (primary N) is 1. The third-order valence-corrected chi connectivity index (χ3v) is 6.27. The zero-order chi connectivity index (χ0) is 13.9. The van der Waals surface area contributed by atoms with Gasteiger partial charge in [-0.05, 0) is 73.8 Å². The largest absolute Gasteiger partial charge is 0.324 e. The maximum absolute atomic E-state index is 14.2. The van der Waals surface area contributed by atoms with Crippen molar-refractivity contribution < 1.29 is 4.39 Å². The molecule has 2 N–H and O–H groups in total. The molecule has 3 heteroatoms. The molecule has 1 unspecified atom stereocenters. The normalized spacial score (nSPS) is 40.0. The van der Waals surface area contributed by atoms with Gasteiger partial charge in [0.25, 0.3) is 0 Å². The van der Waals surface area contributed by atoms with Gasteiger partial charge in [-0.3, -0.25) is 0 Å². The maximum Gasteiger partial charge on any atom is 0.129 e. The Kier molecular flexibility index (Phi) is 3.08. The molecule has 0 aromatic heterocycles. The molecule has 0 saturated heterocycles. The zero-order valence-electron chi connectivity index (χ0n) is 11.6. The zero-order valence-corrected chi connectivity index (χ0v) is 12.3. The highest BCUT2D eigenvalue weighted by atomic mass is 35.5. The van der Waals surface area contributed by atoms with Gasteiger partial charge in [-0.15, -0.1) is 0 Å². The Bertz CT molecular complexity index is 502. The molecular formula is C17H21ClFN. The Morgan fingerprint density at radius 2 is 1.65 bits per heavy atom. The summed E-state index contributed by atoms with van der Waals surface area (Å²) < 4.78 is 14.2. The molecule has 0 spiro atoms. The van der Waals surface area contributed by atoms with Gasteiger partial charge in [0.15, 0.2) is 0 Å². The van der Waals surface area contributed by atoms with Crippen LogP contribution in [0.5, 0.6) is 0 Å². The van der Waals surface area contributed by atoms with Crippen LogP contribution in [0.3, 0.4) is 0 Å². The third-order valence-electron chi connectivity index (χ3n) is 6.04. The fourth-order valence-electron chi connectivity index (χ4n) is 5.53. The van der Waals surface area contributed by atoms with E-state index in [1.165, 1.54) is 38.2 Å². The summed E-state index contributed by atoms with van der Waals surface area (Å²) in [6.45, 7) is 0. The average Bonchev–Trinajstić information content (AvgIpc) is 2.37. The number of hydrogen-bond donors (Lipinski definition) is 1. The van der Waals surface area contributed by atoms with Crippen molar-refractivity contribution in [3.63, 3.8) is 0 Å². The van der Waals surface area contributed by atoms with Crippen LogP contribution in [-0.4, -0.2) is 0 Å². The van der Waals surface area contributed by atoms with Crippen molar-refractivity contribution in [2.75, 3.05) is 0 Å². The quantitative estimate of drug-likeness (QED) is 0.850. The Balaban J connectivity index is 1.63. The molecule has 108 valence electrons. The van der Waals surface area contributed by atoms with Gasteiger partial charge < -0.3 is 5.73 Å². The van der Waals surface area contributed by atoms with E-state index in [0.29, 0.717) is 16.5 Å². The van der Waals surface area contributed by atoms with E-state index in [9.17, 15) is 4.39 Å². The lowest BCUT2D eigenvalue weighted by Crippen LogP contribution is -2.48. The summed E-state index contributed by atoms with van der Waals surface area (Å²) in [4.78, 5) is 0. The molecule has 0 aliphatic heterocycles. The molecule has 4 aliphatic carbocycles. The highest BCUT2D eigenvalue weighted by molar-refractivity contribution is 6.30. The Morgan fingerprint density at radius 1 is 1.05 bits per heavy atom. The molecule has 5 rings (SSSR count). The lowest BCUT2D eigenvalue weighted by atomic mass is 9.50. The number of benzene rings is 1. The predicted octanol–water partition coefficient (Wildman–Crippen LogP) is 4.55. The van der Waals surface area contributed by atoms with Crippen LogP contribution in [0.4, 0.5) is 4.39 Å².